The molecule has 30 heavy (non-hydrogen) atoms. The fourth-order valence-corrected chi connectivity index (χ4v) is 7.94. The third-order valence-corrected chi connectivity index (χ3v) is 9.56. The van der Waals surface area contributed by atoms with E-state index in [0.29, 0.717) is 24.3 Å². The lowest BCUT2D eigenvalue weighted by Crippen LogP contribution is -2.59. The van der Waals surface area contributed by atoms with Crippen LogP contribution in [0, 0.1) is 29.6 Å². The van der Waals surface area contributed by atoms with E-state index in [9.17, 15) is 4.79 Å². The van der Waals surface area contributed by atoms with Crippen LogP contribution in [0.25, 0.3) is 0 Å². The lowest BCUT2D eigenvalue weighted by Gasteiger charge is -2.57. The van der Waals surface area contributed by atoms with Crippen molar-refractivity contribution in [2.75, 3.05) is 6.54 Å². The maximum Gasteiger partial charge on any atom is 0.240 e. The molecule has 4 bridgehead atoms. The summed E-state index contributed by atoms with van der Waals surface area (Å²) >= 11 is 0. The molecule has 0 aromatic carbocycles. The molecule has 3 N–H and O–H groups in total. The van der Waals surface area contributed by atoms with Gasteiger partial charge in [0.15, 0.2) is 0 Å². The van der Waals surface area contributed by atoms with Crippen molar-refractivity contribution >= 4 is 5.91 Å². The van der Waals surface area contributed by atoms with Crippen LogP contribution in [-0.4, -0.2) is 29.6 Å². The van der Waals surface area contributed by atoms with Crippen LogP contribution in [0.15, 0.2) is 0 Å². The Morgan fingerprint density at radius 3 is 2.13 bits per heavy atom. The van der Waals surface area contributed by atoms with Crippen molar-refractivity contribution < 1.29 is 19.3 Å². The molecule has 6 aliphatic carbocycles. The Labute approximate surface area is 179 Å². The van der Waals surface area contributed by atoms with Crippen molar-refractivity contribution in [1.29, 1.82) is 0 Å². The number of carbonyl (C=O) groups excluding carboxylic acids is 1. The molecule has 0 atom stereocenters. The minimum Gasteiger partial charge on any atom is -0.354 e. The summed E-state index contributed by atoms with van der Waals surface area (Å²) in [6, 6.07) is 0. The first-order valence-electron chi connectivity index (χ1n) is 12.6. The second-order valence-electron chi connectivity index (χ2n) is 11.6. The highest BCUT2D eigenvalue weighted by Crippen LogP contribution is 2.63. The fourth-order valence-electron chi connectivity index (χ4n) is 7.94. The molecule has 6 heteroatoms. The first kappa shape index (κ1) is 20.0. The first-order chi connectivity index (χ1) is 14.5. The first-order valence-corrected chi connectivity index (χ1v) is 12.6. The summed E-state index contributed by atoms with van der Waals surface area (Å²) in [5.41, 5.74) is 5.73. The minimum atomic E-state index is -0.647. The lowest BCUT2D eigenvalue weighted by molar-refractivity contribution is -0.390. The highest BCUT2D eigenvalue weighted by molar-refractivity contribution is 5.86. The van der Waals surface area contributed by atoms with E-state index in [2.05, 4.69) is 5.32 Å². The fraction of sp³-hybridized carbons (Fsp3) is 0.958. The predicted octanol–water partition coefficient (Wildman–Crippen LogP) is 3.78. The minimum absolute atomic E-state index is 0.0479. The Bertz CT molecular complexity index is 653. The lowest BCUT2D eigenvalue weighted by atomic mass is 9.53. The van der Waals surface area contributed by atoms with E-state index in [1.165, 1.54) is 38.5 Å². The Kier molecular flexibility index (Phi) is 4.76. The van der Waals surface area contributed by atoms with Gasteiger partial charge in [0, 0.05) is 31.2 Å². The third-order valence-electron chi connectivity index (χ3n) is 9.56. The molecule has 7 rings (SSSR count). The molecule has 7 aliphatic rings. The van der Waals surface area contributed by atoms with E-state index < -0.39 is 17.1 Å². The van der Waals surface area contributed by atoms with Gasteiger partial charge in [0.05, 0.1) is 5.54 Å². The average Bonchev–Trinajstić information content (AvgIpc) is 3.12. The van der Waals surface area contributed by atoms with Crippen molar-refractivity contribution in [3.8, 4) is 0 Å². The Morgan fingerprint density at radius 1 is 0.867 bits per heavy atom. The summed E-state index contributed by atoms with van der Waals surface area (Å²) in [7, 11) is 0. The molecular weight excluding hydrogens is 380 g/mol. The summed E-state index contributed by atoms with van der Waals surface area (Å²) in [6.45, 7) is 0.717. The van der Waals surface area contributed by atoms with Crippen molar-refractivity contribution in [3.63, 3.8) is 0 Å². The number of nitrogens with one attached hydrogen (secondary N) is 1. The van der Waals surface area contributed by atoms with Gasteiger partial charge in [0.25, 0.3) is 0 Å². The van der Waals surface area contributed by atoms with Crippen molar-refractivity contribution in [2.45, 2.75) is 107 Å². The van der Waals surface area contributed by atoms with E-state index in [0.717, 1.165) is 63.2 Å². The third kappa shape index (κ3) is 3.16. The number of hydrogen-bond acceptors (Lipinski definition) is 5. The van der Waals surface area contributed by atoms with Crippen LogP contribution in [-0.2, 0) is 19.3 Å². The number of nitrogens with two attached hydrogens (primary N) is 1. The highest BCUT2D eigenvalue weighted by Gasteiger charge is 2.66. The van der Waals surface area contributed by atoms with Crippen LogP contribution in [0.4, 0.5) is 0 Å². The quantitative estimate of drug-likeness (QED) is 0.682. The topological polar surface area (TPSA) is 82.8 Å². The van der Waals surface area contributed by atoms with Crippen molar-refractivity contribution in [1.82, 2.24) is 5.32 Å². The Balaban J connectivity index is 1.03. The van der Waals surface area contributed by atoms with Crippen LogP contribution in [0.3, 0.4) is 0 Å². The van der Waals surface area contributed by atoms with Gasteiger partial charge in [0.1, 0.15) is 0 Å². The Morgan fingerprint density at radius 2 is 1.50 bits per heavy atom. The molecule has 7 fully saturated rings. The molecule has 168 valence electrons. The molecule has 0 unspecified atom stereocenters. The van der Waals surface area contributed by atoms with Gasteiger partial charge in [-0.3, -0.25) is 4.79 Å². The second-order valence-corrected chi connectivity index (χ2v) is 11.6. The molecule has 2 spiro atoms. The summed E-state index contributed by atoms with van der Waals surface area (Å²) in [6.07, 6.45) is 15.1. The van der Waals surface area contributed by atoms with E-state index in [-0.39, 0.29) is 5.91 Å². The number of ether oxygens (including phenoxy) is 1. The van der Waals surface area contributed by atoms with E-state index >= 15 is 0 Å². The van der Waals surface area contributed by atoms with E-state index in [1.54, 1.807) is 0 Å². The predicted molar refractivity (Wildman–Crippen MR) is 111 cm³/mol. The number of carbonyl (C=O) groups is 1. The van der Waals surface area contributed by atoms with Crippen LogP contribution >= 0.6 is 0 Å². The van der Waals surface area contributed by atoms with Crippen LogP contribution in [0.1, 0.15) is 89.9 Å². The summed E-state index contributed by atoms with van der Waals surface area (Å²) in [4.78, 5) is 24.8. The molecule has 0 radical (unpaired) electrons. The van der Waals surface area contributed by atoms with Crippen LogP contribution in [0.5, 0.6) is 0 Å². The van der Waals surface area contributed by atoms with Gasteiger partial charge in [-0.2, -0.15) is 9.78 Å². The van der Waals surface area contributed by atoms with Crippen LogP contribution < -0.4 is 11.1 Å². The molecule has 6 saturated carbocycles. The number of amides is 1. The largest absolute Gasteiger partial charge is 0.354 e. The molecule has 0 aromatic heterocycles. The number of rotatable bonds is 3. The monoisotopic (exact) mass is 418 g/mol. The molecule has 0 aromatic rings. The maximum atomic E-state index is 12.7. The summed E-state index contributed by atoms with van der Waals surface area (Å²) < 4.78 is 6.79. The molecular formula is C24H38N2O4. The molecule has 1 amide bonds. The SMILES string of the molecule is NC1(C(=O)NCC2CCC3(CC2)OOC2(O3)C3CC4CC(C3)CC2C4)CCCCC1. The maximum absolute atomic E-state index is 12.7. The average molecular weight is 419 g/mol. The zero-order chi connectivity index (χ0) is 20.4. The Hall–Kier alpha value is -0.690. The summed E-state index contributed by atoms with van der Waals surface area (Å²) in [5, 5.41) is 3.16. The molecule has 1 saturated heterocycles. The van der Waals surface area contributed by atoms with Crippen LogP contribution in [0.2, 0.25) is 0 Å². The van der Waals surface area contributed by atoms with Gasteiger partial charge >= 0.3 is 0 Å². The van der Waals surface area contributed by atoms with Crippen molar-refractivity contribution in [2.24, 2.45) is 35.3 Å². The van der Waals surface area contributed by atoms with Gasteiger partial charge in [-0.15, -0.1) is 0 Å². The summed E-state index contributed by atoms with van der Waals surface area (Å²) in [5.74, 6) is 2.28. The zero-order valence-electron chi connectivity index (χ0n) is 18.2. The van der Waals surface area contributed by atoms with Gasteiger partial charge in [-0.05, 0) is 75.5 Å². The van der Waals surface area contributed by atoms with Gasteiger partial charge in [-0.25, -0.2) is 0 Å². The smallest absolute Gasteiger partial charge is 0.240 e. The standard InChI is InChI=1S/C24H38N2O4/c25-22(6-2-1-3-7-22)21(27)26-15-16-4-8-23(9-5-16)28-24(30-29-23)19-11-17-10-18(13-19)14-20(24)12-17/h16-20H,1-15,25H2,(H,26,27). The second kappa shape index (κ2) is 7.16. The van der Waals surface area contributed by atoms with Gasteiger partial charge < -0.3 is 15.8 Å². The zero-order valence-corrected chi connectivity index (χ0v) is 18.2. The van der Waals surface area contributed by atoms with Gasteiger partial charge in [0.2, 0.25) is 17.5 Å². The molecule has 6 nitrogen and oxygen atoms in total. The molecule has 1 aliphatic heterocycles. The van der Waals surface area contributed by atoms with Gasteiger partial charge in [-0.1, -0.05) is 19.3 Å². The van der Waals surface area contributed by atoms with Crippen molar-refractivity contribution in [3.05, 3.63) is 0 Å². The highest BCUT2D eigenvalue weighted by atomic mass is 17.3. The van der Waals surface area contributed by atoms with E-state index in [1.807, 2.05) is 0 Å². The molecule has 1 heterocycles. The number of hydrogen-bond donors (Lipinski definition) is 2. The van der Waals surface area contributed by atoms with E-state index in [4.69, 9.17) is 20.2 Å². The normalized spacial score (nSPS) is 49.0.